The molecule has 3 rings (SSSR count). The fourth-order valence-corrected chi connectivity index (χ4v) is 4.60. The number of alkyl halides is 3. The lowest BCUT2D eigenvalue weighted by Crippen LogP contribution is -2.39. The summed E-state index contributed by atoms with van der Waals surface area (Å²) < 4.78 is 40.0. The molecule has 0 aliphatic carbocycles. The highest BCUT2D eigenvalue weighted by Gasteiger charge is 2.33. The summed E-state index contributed by atoms with van der Waals surface area (Å²) in [5.41, 5.74) is -0.493. The Morgan fingerprint density at radius 2 is 1.38 bits per heavy atom. The summed E-state index contributed by atoms with van der Waals surface area (Å²) in [6.07, 6.45) is -3.00. The second-order valence-corrected chi connectivity index (χ2v) is 11.1. The number of hydrogen-bond acceptors (Lipinski definition) is 9. The molecule has 0 spiro atoms. The molecule has 1 aromatic carbocycles. The van der Waals surface area contributed by atoms with Crippen LogP contribution in [0.1, 0.15) is 30.4 Å². The Labute approximate surface area is 236 Å². The molecule has 40 heavy (non-hydrogen) atoms. The first-order valence-electron chi connectivity index (χ1n) is 13.8. The number of carbonyl (C=O) groups excluding carboxylic acids is 1. The van der Waals surface area contributed by atoms with E-state index >= 15 is 0 Å². The fourth-order valence-electron chi connectivity index (χ4n) is 4.60. The van der Waals surface area contributed by atoms with Crippen molar-refractivity contribution in [3.8, 4) is 0 Å². The van der Waals surface area contributed by atoms with E-state index in [1.54, 1.807) is 6.07 Å². The number of anilines is 3. The van der Waals surface area contributed by atoms with E-state index in [9.17, 15) is 18.0 Å². The highest BCUT2D eigenvalue weighted by Crippen LogP contribution is 2.33. The minimum atomic E-state index is -4.42. The standard InChI is InChI=1S/C28H43F3N8O/c1-35(2)17-19-37(5)25-32-26(38(6)20-18-36(3)4)34-27(33-25)39-15-13-22(14-16-39)24(40)12-11-21-9-7-8-10-23(21)28(29,30)31/h7-10,22H,11-20H2,1-6H3. The molecule has 12 heteroatoms. The first-order valence-corrected chi connectivity index (χ1v) is 13.8. The molecule has 0 atom stereocenters. The zero-order chi connectivity index (χ0) is 29.4. The van der Waals surface area contributed by atoms with Crippen molar-refractivity contribution in [2.75, 3.05) is 96.3 Å². The van der Waals surface area contributed by atoms with Crippen LogP contribution < -0.4 is 14.7 Å². The molecule has 1 saturated heterocycles. The van der Waals surface area contributed by atoms with Crippen molar-refractivity contribution in [3.05, 3.63) is 35.4 Å². The van der Waals surface area contributed by atoms with Crippen LogP contribution in [-0.4, -0.2) is 112 Å². The minimum absolute atomic E-state index is 0.0143. The molecule has 0 N–H and O–H groups in total. The predicted molar refractivity (Wildman–Crippen MR) is 153 cm³/mol. The van der Waals surface area contributed by atoms with Crippen molar-refractivity contribution in [1.82, 2.24) is 24.8 Å². The number of Topliss-reactive ketones (excluding diaryl/α,β-unsaturated/α-hetero) is 1. The molecular weight excluding hydrogens is 521 g/mol. The summed E-state index contributed by atoms with van der Waals surface area (Å²) in [7, 11) is 12.0. The largest absolute Gasteiger partial charge is 0.416 e. The zero-order valence-corrected chi connectivity index (χ0v) is 24.6. The van der Waals surface area contributed by atoms with Crippen LogP contribution in [0.4, 0.5) is 31.0 Å². The Balaban J connectivity index is 1.67. The Morgan fingerprint density at radius 3 is 1.88 bits per heavy atom. The van der Waals surface area contributed by atoms with Gasteiger partial charge in [0.2, 0.25) is 17.8 Å². The van der Waals surface area contributed by atoms with Crippen LogP contribution in [0.2, 0.25) is 0 Å². The van der Waals surface area contributed by atoms with Gasteiger partial charge in [-0.25, -0.2) is 0 Å². The maximum atomic E-state index is 13.3. The van der Waals surface area contributed by atoms with Gasteiger partial charge in [-0.1, -0.05) is 18.2 Å². The number of piperidine rings is 1. The summed E-state index contributed by atoms with van der Waals surface area (Å²) in [4.78, 5) is 37.6. The van der Waals surface area contributed by atoms with Crippen LogP contribution in [0.25, 0.3) is 0 Å². The average molecular weight is 565 g/mol. The summed E-state index contributed by atoms with van der Waals surface area (Å²) in [6, 6.07) is 5.49. The topological polar surface area (TPSA) is 71.9 Å². The van der Waals surface area contributed by atoms with E-state index in [4.69, 9.17) is 15.0 Å². The highest BCUT2D eigenvalue weighted by atomic mass is 19.4. The molecule has 1 fully saturated rings. The maximum Gasteiger partial charge on any atom is 0.416 e. The number of rotatable bonds is 13. The van der Waals surface area contributed by atoms with E-state index in [1.807, 2.05) is 52.1 Å². The van der Waals surface area contributed by atoms with E-state index in [1.165, 1.54) is 12.1 Å². The van der Waals surface area contributed by atoms with Crippen molar-refractivity contribution < 1.29 is 18.0 Å². The van der Waals surface area contributed by atoms with Crippen LogP contribution in [0.3, 0.4) is 0 Å². The van der Waals surface area contributed by atoms with E-state index < -0.39 is 11.7 Å². The number of aryl methyl sites for hydroxylation is 1. The monoisotopic (exact) mass is 564 g/mol. The fraction of sp³-hybridized carbons (Fsp3) is 0.643. The molecule has 0 radical (unpaired) electrons. The quantitative estimate of drug-likeness (QED) is 0.365. The first kappa shape index (κ1) is 31.5. The highest BCUT2D eigenvalue weighted by molar-refractivity contribution is 5.81. The van der Waals surface area contributed by atoms with Crippen LogP contribution in [-0.2, 0) is 17.4 Å². The van der Waals surface area contributed by atoms with Crippen LogP contribution >= 0.6 is 0 Å². The number of hydrogen-bond donors (Lipinski definition) is 0. The number of benzene rings is 1. The van der Waals surface area contributed by atoms with Gasteiger partial charge in [0, 0.05) is 65.7 Å². The lowest BCUT2D eigenvalue weighted by atomic mass is 9.89. The Morgan fingerprint density at radius 1 is 0.850 bits per heavy atom. The lowest BCUT2D eigenvalue weighted by Gasteiger charge is -2.32. The molecule has 1 aliphatic rings. The summed E-state index contributed by atoms with van der Waals surface area (Å²) in [5.74, 6) is 1.61. The zero-order valence-electron chi connectivity index (χ0n) is 24.6. The van der Waals surface area contributed by atoms with E-state index in [0.717, 1.165) is 32.2 Å². The molecular formula is C28H43F3N8O. The molecule has 0 amide bonds. The van der Waals surface area contributed by atoms with Crippen LogP contribution in [0.15, 0.2) is 24.3 Å². The van der Waals surface area contributed by atoms with Crippen LogP contribution in [0, 0.1) is 5.92 Å². The molecule has 222 valence electrons. The molecule has 2 aromatic rings. The molecule has 1 aliphatic heterocycles. The van der Waals surface area contributed by atoms with Gasteiger partial charge in [-0.2, -0.15) is 28.1 Å². The second kappa shape index (κ2) is 14.1. The van der Waals surface area contributed by atoms with Gasteiger partial charge in [-0.05, 0) is 59.1 Å². The van der Waals surface area contributed by atoms with Crippen molar-refractivity contribution >= 4 is 23.6 Å². The van der Waals surface area contributed by atoms with Crippen LogP contribution in [0.5, 0.6) is 0 Å². The van der Waals surface area contributed by atoms with Crippen molar-refractivity contribution in [2.45, 2.75) is 31.9 Å². The second-order valence-electron chi connectivity index (χ2n) is 11.1. The van der Waals surface area contributed by atoms with E-state index in [-0.39, 0.29) is 30.1 Å². The lowest BCUT2D eigenvalue weighted by molar-refractivity contribution is -0.138. The summed E-state index contributed by atoms with van der Waals surface area (Å²) in [5, 5.41) is 0. The van der Waals surface area contributed by atoms with Gasteiger partial charge in [0.15, 0.2) is 0 Å². The van der Waals surface area contributed by atoms with Gasteiger partial charge in [0.1, 0.15) is 5.78 Å². The predicted octanol–water partition coefficient (Wildman–Crippen LogP) is 3.30. The number of ketones is 1. The smallest absolute Gasteiger partial charge is 0.342 e. The van der Waals surface area contributed by atoms with Gasteiger partial charge in [-0.3, -0.25) is 4.79 Å². The van der Waals surface area contributed by atoms with E-state index in [0.29, 0.717) is 43.8 Å². The molecule has 0 unspecified atom stereocenters. The van der Waals surface area contributed by atoms with Gasteiger partial charge >= 0.3 is 6.18 Å². The molecule has 0 bridgehead atoms. The normalized spacial score (nSPS) is 14.7. The third-order valence-corrected chi connectivity index (χ3v) is 7.24. The summed E-state index contributed by atoms with van der Waals surface area (Å²) >= 11 is 0. The average Bonchev–Trinajstić information content (AvgIpc) is 2.92. The van der Waals surface area contributed by atoms with Crippen molar-refractivity contribution in [3.63, 3.8) is 0 Å². The molecule has 1 aromatic heterocycles. The number of carbonyl (C=O) groups is 1. The van der Waals surface area contributed by atoms with Gasteiger partial charge in [-0.15, -0.1) is 0 Å². The van der Waals surface area contributed by atoms with Gasteiger partial charge in [0.25, 0.3) is 0 Å². The Kier molecular flexibility index (Phi) is 11.1. The number of nitrogens with zero attached hydrogens (tertiary/aromatic N) is 8. The molecule has 0 saturated carbocycles. The van der Waals surface area contributed by atoms with Gasteiger partial charge in [0.05, 0.1) is 5.56 Å². The maximum absolute atomic E-state index is 13.3. The number of halogens is 3. The minimum Gasteiger partial charge on any atom is -0.342 e. The summed E-state index contributed by atoms with van der Waals surface area (Å²) in [6.45, 7) is 4.41. The number of likely N-dealkylation sites (N-methyl/N-ethyl adjacent to an activating group) is 4. The number of aromatic nitrogens is 3. The Hall–Kier alpha value is -2.99. The third kappa shape index (κ3) is 9.02. The molecule has 2 heterocycles. The molecule has 9 nitrogen and oxygen atoms in total. The first-order chi connectivity index (χ1) is 18.8. The SMILES string of the molecule is CN(C)CCN(C)c1nc(N(C)CCN(C)C)nc(N2CCC(C(=O)CCc3ccccc3C(F)(F)F)CC2)n1. The van der Waals surface area contributed by atoms with Crippen molar-refractivity contribution in [2.24, 2.45) is 5.92 Å². The van der Waals surface area contributed by atoms with Crippen molar-refractivity contribution in [1.29, 1.82) is 0 Å². The third-order valence-electron chi connectivity index (χ3n) is 7.24. The Bertz CT molecular complexity index is 1070. The van der Waals surface area contributed by atoms with E-state index in [2.05, 4.69) is 14.7 Å². The van der Waals surface area contributed by atoms with Gasteiger partial charge < -0.3 is 24.5 Å².